The maximum atomic E-state index is 12.4. The van der Waals surface area contributed by atoms with Crippen LogP contribution in [-0.2, 0) is 12.8 Å². The molecular weight excluding hydrogens is 260 g/mol. The van der Waals surface area contributed by atoms with Crippen LogP contribution >= 0.6 is 0 Å². The van der Waals surface area contributed by atoms with Gasteiger partial charge in [-0.25, -0.2) is 4.68 Å². The molecule has 0 fully saturated rings. The summed E-state index contributed by atoms with van der Waals surface area (Å²) < 4.78 is 1.59. The van der Waals surface area contributed by atoms with Crippen LogP contribution < -0.4 is 0 Å². The molecular formula is C18H24N2O. The van der Waals surface area contributed by atoms with Crippen LogP contribution in [0.1, 0.15) is 53.5 Å². The van der Waals surface area contributed by atoms with Gasteiger partial charge in [0.05, 0.1) is 12.1 Å². The van der Waals surface area contributed by atoms with Crippen LogP contribution in [0.3, 0.4) is 0 Å². The summed E-state index contributed by atoms with van der Waals surface area (Å²) in [7, 11) is 0. The van der Waals surface area contributed by atoms with E-state index >= 15 is 0 Å². The highest BCUT2D eigenvalue weighted by molar-refractivity contribution is 5.81. The molecule has 1 aromatic carbocycles. The first-order chi connectivity index (χ1) is 10.1. The molecule has 0 saturated heterocycles. The van der Waals surface area contributed by atoms with E-state index in [1.165, 1.54) is 18.4 Å². The van der Waals surface area contributed by atoms with Crippen molar-refractivity contribution >= 4 is 5.91 Å². The average Bonchev–Trinajstić information content (AvgIpc) is 2.76. The summed E-state index contributed by atoms with van der Waals surface area (Å²) in [6.07, 6.45) is 5.01. The van der Waals surface area contributed by atoms with E-state index < -0.39 is 0 Å². The highest BCUT2D eigenvalue weighted by atomic mass is 16.2. The summed E-state index contributed by atoms with van der Waals surface area (Å²) in [5.41, 5.74) is 4.27. The standard InChI is InChI=1S/C18H24N2O/c1-4-5-7-12-17-14(2)19-20(15(17)3)18(21)13-16-10-8-6-9-11-16/h6,8-11H,4-5,7,12-13H2,1-3H3. The molecule has 0 N–H and O–H groups in total. The number of nitrogens with zero attached hydrogens (tertiary/aromatic N) is 2. The SMILES string of the molecule is CCCCCc1c(C)nn(C(=O)Cc2ccccc2)c1C. The number of rotatable bonds is 6. The molecule has 0 bridgehead atoms. The summed E-state index contributed by atoms with van der Waals surface area (Å²) in [6, 6.07) is 9.83. The Morgan fingerprint density at radius 3 is 2.52 bits per heavy atom. The third-order valence-electron chi connectivity index (χ3n) is 3.91. The van der Waals surface area contributed by atoms with Crippen molar-refractivity contribution in [2.75, 3.05) is 0 Å². The number of aryl methyl sites for hydroxylation is 1. The topological polar surface area (TPSA) is 34.9 Å². The first kappa shape index (κ1) is 15.5. The number of hydrogen-bond acceptors (Lipinski definition) is 2. The molecule has 1 heterocycles. The van der Waals surface area contributed by atoms with Gasteiger partial charge in [-0.05, 0) is 37.8 Å². The Kier molecular flexibility index (Phi) is 5.32. The van der Waals surface area contributed by atoms with Gasteiger partial charge in [0.2, 0.25) is 0 Å². The van der Waals surface area contributed by atoms with Gasteiger partial charge < -0.3 is 0 Å². The maximum Gasteiger partial charge on any atom is 0.251 e. The van der Waals surface area contributed by atoms with Crippen LogP contribution in [0.25, 0.3) is 0 Å². The second kappa shape index (κ2) is 7.21. The van der Waals surface area contributed by atoms with E-state index in [9.17, 15) is 4.79 Å². The normalized spacial score (nSPS) is 10.8. The molecule has 3 nitrogen and oxygen atoms in total. The minimum Gasteiger partial charge on any atom is -0.272 e. The Morgan fingerprint density at radius 1 is 1.14 bits per heavy atom. The van der Waals surface area contributed by atoms with E-state index in [1.54, 1.807) is 4.68 Å². The second-order valence-electron chi connectivity index (χ2n) is 5.57. The lowest BCUT2D eigenvalue weighted by Gasteiger charge is -2.05. The zero-order valence-corrected chi connectivity index (χ0v) is 13.2. The molecule has 0 aliphatic rings. The molecule has 112 valence electrons. The van der Waals surface area contributed by atoms with Crippen molar-refractivity contribution in [3.05, 3.63) is 52.8 Å². The minimum atomic E-state index is 0.0449. The summed E-state index contributed by atoms with van der Waals surface area (Å²) in [5.74, 6) is 0.0449. The zero-order chi connectivity index (χ0) is 15.2. The van der Waals surface area contributed by atoms with Crippen molar-refractivity contribution in [2.24, 2.45) is 0 Å². The third kappa shape index (κ3) is 3.81. The van der Waals surface area contributed by atoms with Crippen LogP contribution in [-0.4, -0.2) is 15.7 Å². The first-order valence-corrected chi connectivity index (χ1v) is 7.75. The van der Waals surface area contributed by atoms with Gasteiger partial charge in [0.1, 0.15) is 0 Å². The lowest BCUT2D eigenvalue weighted by molar-refractivity contribution is 0.0895. The molecule has 1 aromatic heterocycles. The molecule has 0 spiro atoms. The van der Waals surface area contributed by atoms with E-state index in [4.69, 9.17) is 0 Å². The molecule has 0 amide bonds. The lowest BCUT2D eigenvalue weighted by atomic mass is 10.1. The zero-order valence-electron chi connectivity index (χ0n) is 13.2. The van der Waals surface area contributed by atoms with Crippen molar-refractivity contribution in [1.29, 1.82) is 0 Å². The number of benzene rings is 1. The van der Waals surface area contributed by atoms with Gasteiger partial charge in [-0.1, -0.05) is 50.1 Å². The van der Waals surface area contributed by atoms with Gasteiger partial charge in [-0.3, -0.25) is 4.79 Å². The molecule has 0 unspecified atom stereocenters. The largest absolute Gasteiger partial charge is 0.272 e. The van der Waals surface area contributed by atoms with E-state index in [1.807, 2.05) is 44.2 Å². The van der Waals surface area contributed by atoms with Crippen molar-refractivity contribution in [3.63, 3.8) is 0 Å². The van der Waals surface area contributed by atoms with Gasteiger partial charge in [0.15, 0.2) is 0 Å². The van der Waals surface area contributed by atoms with Gasteiger partial charge >= 0.3 is 0 Å². The Morgan fingerprint density at radius 2 is 1.86 bits per heavy atom. The number of unbranched alkanes of at least 4 members (excludes halogenated alkanes) is 2. The lowest BCUT2D eigenvalue weighted by Crippen LogP contribution is -2.16. The van der Waals surface area contributed by atoms with Crippen molar-refractivity contribution in [3.8, 4) is 0 Å². The molecule has 0 aliphatic carbocycles. The van der Waals surface area contributed by atoms with Gasteiger partial charge in [-0.2, -0.15) is 5.10 Å². The molecule has 3 heteroatoms. The van der Waals surface area contributed by atoms with Crippen molar-refractivity contribution < 1.29 is 4.79 Å². The van der Waals surface area contributed by atoms with E-state index in [2.05, 4.69) is 12.0 Å². The Labute approximate surface area is 127 Å². The molecule has 0 atom stereocenters. The molecule has 2 rings (SSSR count). The van der Waals surface area contributed by atoms with Crippen LogP contribution in [0.4, 0.5) is 0 Å². The molecule has 0 radical (unpaired) electrons. The molecule has 0 saturated carbocycles. The third-order valence-corrected chi connectivity index (χ3v) is 3.91. The van der Waals surface area contributed by atoms with Gasteiger partial charge in [0, 0.05) is 5.69 Å². The van der Waals surface area contributed by atoms with Crippen LogP contribution in [0, 0.1) is 13.8 Å². The summed E-state index contributed by atoms with van der Waals surface area (Å²) >= 11 is 0. The number of aromatic nitrogens is 2. The summed E-state index contributed by atoms with van der Waals surface area (Å²) in [4.78, 5) is 12.4. The van der Waals surface area contributed by atoms with Crippen molar-refractivity contribution in [2.45, 2.75) is 52.9 Å². The quantitative estimate of drug-likeness (QED) is 0.748. The predicted molar refractivity (Wildman–Crippen MR) is 85.7 cm³/mol. The van der Waals surface area contributed by atoms with E-state index in [0.717, 1.165) is 29.8 Å². The van der Waals surface area contributed by atoms with Crippen LogP contribution in [0.5, 0.6) is 0 Å². The van der Waals surface area contributed by atoms with Gasteiger partial charge in [0.25, 0.3) is 5.91 Å². The average molecular weight is 284 g/mol. The fourth-order valence-corrected chi connectivity index (χ4v) is 2.68. The number of carbonyl (C=O) groups is 1. The summed E-state index contributed by atoms with van der Waals surface area (Å²) in [5, 5.41) is 4.45. The maximum absolute atomic E-state index is 12.4. The first-order valence-electron chi connectivity index (χ1n) is 7.75. The molecule has 0 aliphatic heterocycles. The summed E-state index contributed by atoms with van der Waals surface area (Å²) in [6.45, 7) is 6.21. The van der Waals surface area contributed by atoms with Crippen LogP contribution in [0.2, 0.25) is 0 Å². The molecule has 2 aromatic rings. The second-order valence-corrected chi connectivity index (χ2v) is 5.57. The van der Waals surface area contributed by atoms with Crippen molar-refractivity contribution in [1.82, 2.24) is 9.78 Å². The van der Waals surface area contributed by atoms with Gasteiger partial charge in [-0.15, -0.1) is 0 Å². The minimum absolute atomic E-state index is 0.0449. The Balaban J connectivity index is 2.13. The molecule has 21 heavy (non-hydrogen) atoms. The van der Waals surface area contributed by atoms with E-state index in [-0.39, 0.29) is 5.91 Å². The highest BCUT2D eigenvalue weighted by Gasteiger charge is 2.16. The Bertz CT molecular complexity index is 599. The monoisotopic (exact) mass is 284 g/mol. The fraction of sp³-hybridized carbons (Fsp3) is 0.444. The predicted octanol–water partition coefficient (Wildman–Crippen LogP) is 4.12. The highest BCUT2D eigenvalue weighted by Crippen LogP contribution is 2.17. The van der Waals surface area contributed by atoms with Crippen LogP contribution in [0.15, 0.2) is 30.3 Å². The smallest absolute Gasteiger partial charge is 0.251 e. The fourth-order valence-electron chi connectivity index (χ4n) is 2.68. The Hall–Kier alpha value is -1.90. The number of hydrogen-bond donors (Lipinski definition) is 0. The van der Waals surface area contributed by atoms with E-state index in [0.29, 0.717) is 6.42 Å². The number of carbonyl (C=O) groups excluding carboxylic acids is 1.